The molecule has 1 amide bonds. The first-order chi connectivity index (χ1) is 12.5. The summed E-state index contributed by atoms with van der Waals surface area (Å²) in [7, 11) is 1.84. The first-order valence-corrected chi connectivity index (χ1v) is 9.40. The van der Waals surface area contributed by atoms with Crippen molar-refractivity contribution >= 4 is 5.91 Å². The Labute approximate surface area is 153 Å². The van der Waals surface area contributed by atoms with Gasteiger partial charge in [-0.25, -0.2) is 4.98 Å². The molecule has 1 N–H and O–H groups in total. The van der Waals surface area contributed by atoms with Crippen LogP contribution in [0.3, 0.4) is 0 Å². The number of hydrogen-bond acceptors (Lipinski definition) is 5. The SMILES string of the molecule is Cc1nc(C(C)N2C3CCCC2CN(C(=O)c2c(C)cnn2C)C3)n[nH]1. The highest BCUT2D eigenvalue weighted by atomic mass is 16.2. The zero-order valence-corrected chi connectivity index (χ0v) is 15.9. The Morgan fingerprint density at radius 3 is 2.50 bits per heavy atom. The molecule has 8 heteroatoms. The lowest BCUT2D eigenvalue weighted by molar-refractivity contribution is -0.0291. The summed E-state index contributed by atoms with van der Waals surface area (Å²) in [5, 5.41) is 11.5. The number of aryl methyl sites for hydroxylation is 3. The van der Waals surface area contributed by atoms with E-state index in [-0.39, 0.29) is 11.9 Å². The molecule has 4 rings (SSSR count). The summed E-state index contributed by atoms with van der Waals surface area (Å²) in [6.45, 7) is 7.57. The van der Waals surface area contributed by atoms with Crippen LogP contribution in [0, 0.1) is 13.8 Å². The second kappa shape index (κ2) is 6.50. The van der Waals surface area contributed by atoms with Crippen molar-refractivity contribution in [3.63, 3.8) is 0 Å². The lowest BCUT2D eigenvalue weighted by Crippen LogP contribution is -2.62. The Morgan fingerprint density at radius 1 is 1.27 bits per heavy atom. The van der Waals surface area contributed by atoms with Crippen molar-refractivity contribution in [2.45, 2.75) is 58.2 Å². The number of hydrogen-bond donors (Lipinski definition) is 1. The number of aromatic nitrogens is 5. The van der Waals surface area contributed by atoms with Gasteiger partial charge in [-0.05, 0) is 39.2 Å². The van der Waals surface area contributed by atoms with Gasteiger partial charge in [0.05, 0.1) is 12.2 Å². The van der Waals surface area contributed by atoms with Gasteiger partial charge < -0.3 is 4.90 Å². The zero-order chi connectivity index (χ0) is 18.4. The molecule has 0 radical (unpaired) electrons. The van der Waals surface area contributed by atoms with Crippen molar-refractivity contribution in [3.05, 3.63) is 29.1 Å². The largest absolute Gasteiger partial charge is 0.334 e. The number of piperazine rings is 1. The van der Waals surface area contributed by atoms with Gasteiger partial charge in [-0.15, -0.1) is 0 Å². The van der Waals surface area contributed by atoms with Crippen molar-refractivity contribution in [2.75, 3.05) is 13.1 Å². The highest BCUT2D eigenvalue weighted by Crippen LogP contribution is 2.35. The van der Waals surface area contributed by atoms with Gasteiger partial charge in [-0.2, -0.15) is 10.2 Å². The lowest BCUT2D eigenvalue weighted by Gasteiger charge is -2.52. The van der Waals surface area contributed by atoms with Crippen LogP contribution < -0.4 is 0 Å². The predicted molar refractivity (Wildman–Crippen MR) is 96.6 cm³/mol. The fourth-order valence-electron chi connectivity index (χ4n) is 4.62. The van der Waals surface area contributed by atoms with Crippen molar-refractivity contribution in [2.24, 2.45) is 7.05 Å². The quantitative estimate of drug-likeness (QED) is 0.902. The van der Waals surface area contributed by atoms with E-state index in [2.05, 4.69) is 32.1 Å². The number of nitrogens with one attached hydrogen (secondary N) is 1. The van der Waals surface area contributed by atoms with E-state index in [9.17, 15) is 4.79 Å². The van der Waals surface area contributed by atoms with Crippen LogP contribution in [0.5, 0.6) is 0 Å². The fraction of sp³-hybridized carbons (Fsp3) is 0.667. The summed E-state index contributed by atoms with van der Waals surface area (Å²) in [6, 6.07) is 0.869. The van der Waals surface area contributed by atoms with Crippen molar-refractivity contribution in [1.82, 2.24) is 34.8 Å². The molecular weight excluding hydrogens is 330 g/mol. The molecule has 3 atom stereocenters. The topological polar surface area (TPSA) is 82.9 Å². The van der Waals surface area contributed by atoms with Crippen molar-refractivity contribution in [3.8, 4) is 0 Å². The van der Waals surface area contributed by atoms with Gasteiger partial charge in [0.15, 0.2) is 5.82 Å². The number of aromatic amines is 1. The first kappa shape index (κ1) is 17.2. The maximum Gasteiger partial charge on any atom is 0.272 e. The molecule has 2 aliphatic heterocycles. The number of amides is 1. The van der Waals surface area contributed by atoms with Gasteiger partial charge in [-0.1, -0.05) is 6.42 Å². The second-order valence-electron chi connectivity index (χ2n) is 7.65. The van der Waals surface area contributed by atoms with Gasteiger partial charge in [-0.3, -0.25) is 19.5 Å². The van der Waals surface area contributed by atoms with Crippen LogP contribution in [0.4, 0.5) is 0 Å². The van der Waals surface area contributed by atoms with Crippen LogP contribution in [-0.4, -0.2) is 65.8 Å². The number of piperidine rings is 1. The Kier molecular flexibility index (Phi) is 4.30. The van der Waals surface area contributed by atoms with Crippen LogP contribution >= 0.6 is 0 Å². The number of carbonyl (C=O) groups excluding carboxylic acids is 1. The summed E-state index contributed by atoms with van der Waals surface area (Å²) >= 11 is 0. The third kappa shape index (κ3) is 2.82. The molecule has 2 fully saturated rings. The van der Waals surface area contributed by atoms with Crippen LogP contribution in [0.15, 0.2) is 6.20 Å². The monoisotopic (exact) mass is 357 g/mol. The average molecular weight is 357 g/mol. The van der Waals surface area contributed by atoms with E-state index >= 15 is 0 Å². The molecule has 26 heavy (non-hydrogen) atoms. The average Bonchev–Trinajstić information content (AvgIpc) is 3.18. The molecule has 140 valence electrons. The highest BCUT2D eigenvalue weighted by molar-refractivity contribution is 5.94. The molecule has 4 heterocycles. The number of likely N-dealkylation sites (tertiary alicyclic amines) is 1. The summed E-state index contributed by atoms with van der Waals surface area (Å²) in [5.41, 5.74) is 1.64. The molecule has 0 aromatic carbocycles. The number of carbonyl (C=O) groups is 1. The molecule has 0 spiro atoms. The van der Waals surface area contributed by atoms with E-state index in [4.69, 9.17) is 0 Å². The maximum atomic E-state index is 13.1. The molecule has 2 aromatic heterocycles. The molecule has 0 aliphatic carbocycles. The van der Waals surface area contributed by atoms with Gasteiger partial charge in [0.2, 0.25) is 0 Å². The summed E-state index contributed by atoms with van der Waals surface area (Å²) in [4.78, 5) is 22.2. The molecular formula is C18H27N7O. The van der Waals surface area contributed by atoms with Gasteiger partial charge >= 0.3 is 0 Å². The van der Waals surface area contributed by atoms with E-state index in [1.807, 2.05) is 25.8 Å². The molecule has 3 unspecified atom stereocenters. The first-order valence-electron chi connectivity index (χ1n) is 9.40. The smallest absolute Gasteiger partial charge is 0.272 e. The summed E-state index contributed by atoms with van der Waals surface area (Å²) in [5.74, 6) is 1.79. The third-order valence-electron chi connectivity index (χ3n) is 5.83. The molecule has 2 saturated heterocycles. The van der Waals surface area contributed by atoms with Crippen LogP contribution in [0.1, 0.15) is 59.9 Å². The summed E-state index contributed by atoms with van der Waals surface area (Å²) < 4.78 is 1.69. The zero-order valence-electron chi connectivity index (χ0n) is 15.9. The Balaban J connectivity index is 1.56. The van der Waals surface area contributed by atoms with E-state index < -0.39 is 0 Å². The van der Waals surface area contributed by atoms with Gasteiger partial charge in [0.1, 0.15) is 11.5 Å². The number of nitrogens with zero attached hydrogens (tertiary/aromatic N) is 6. The predicted octanol–water partition coefficient (Wildman–Crippen LogP) is 1.60. The molecule has 2 aromatic rings. The Bertz CT molecular complexity index is 777. The van der Waals surface area contributed by atoms with Gasteiger partial charge in [0.25, 0.3) is 5.91 Å². The van der Waals surface area contributed by atoms with Crippen LogP contribution in [0.2, 0.25) is 0 Å². The second-order valence-corrected chi connectivity index (χ2v) is 7.65. The minimum Gasteiger partial charge on any atom is -0.334 e. The lowest BCUT2D eigenvalue weighted by atomic mass is 9.89. The normalized spacial score (nSPS) is 24.7. The minimum atomic E-state index is 0.0976. The highest BCUT2D eigenvalue weighted by Gasteiger charge is 2.42. The number of rotatable bonds is 3. The Hall–Kier alpha value is -2.22. The fourth-order valence-corrected chi connectivity index (χ4v) is 4.62. The van der Waals surface area contributed by atoms with Gasteiger partial charge in [0, 0.05) is 32.2 Å². The number of H-pyrrole nitrogens is 1. The summed E-state index contributed by atoms with van der Waals surface area (Å²) in [6.07, 6.45) is 5.20. The van der Waals surface area contributed by atoms with E-state index in [0.29, 0.717) is 17.8 Å². The standard InChI is InChI=1S/C18H27N7O/c1-11-8-19-23(4)16(11)18(26)24-9-14-6-5-7-15(10-24)25(14)12(2)17-20-13(3)21-22-17/h8,12,14-15H,5-7,9-10H2,1-4H3,(H,20,21,22). The van der Waals surface area contributed by atoms with E-state index in [1.54, 1.807) is 10.9 Å². The number of fused-ring (bicyclic) bond motifs is 2. The minimum absolute atomic E-state index is 0.0976. The van der Waals surface area contributed by atoms with Crippen LogP contribution in [0.25, 0.3) is 0 Å². The maximum absolute atomic E-state index is 13.1. The Morgan fingerprint density at radius 2 is 1.96 bits per heavy atom. The van der Waals surface area contributed by atoms with Crippen molar-refractivity contribution < 1.29 is 4.79 Å². The van der Waals surface area contributed by atoms with E-state index in [1.165, 1.54) is 6.42 Å². The van der Waals surface area contributed by atoms with Crippen LogP contribution in [-0.2, 0) is 7.05 Å². The van der Waals surface area contributed by atoms with E-state index in [0.717, 1.165) is 43.1 Å². The van der Waals surface area contributed by atoms with Crippen molar-refractivity contribution in [1.29, 1.82) is 0 Å². The molecule has 2 aliphatic rings. The molecule has 0 saturated carbocycles. The third-order valence-corrected chi connectivity index (χ3v) is 5.83. The molecule has 2 bridgehead atoms. The molecule has 8 nitrogen and oxygen atoms in total.